The minimum absolute atomic E-state index is 0.565. The molecule has 0 heterocycles. The molecule has 0 aromatic carbocycles. The predicted molar refractivity (Wildman–Crippen MR) is 38.2 cm³/mol. The molecule has 0 aliphatic carbocycles. The van der Waals surface area contributed by atoms with Crippen molar-refractivity contribution in [3.63, 3.8) is 0 Å². The molecule has 1 unspecified atom stereocenters. The zero-order chi connectivity index (χ0) is 7.11. The van der Waals surface area contributed by atoms with Crippen molar-refractivity contribution in [3.05, 3.63) is 12.7 Å². The number of allylic oxidation sites excluding steroid dienone is 1. The second-order valence-corrected chi connectivity index (χ2v) is 2.36. The smallest absolute Gasteiger partial charge is 0.231 e. The van der Waals surface area contributed by atoms with Gasteiger partial charge in [0.15, 0.2) is 0 Å². The summed E-state index contributed by atoms with van der Waals surface area (Å²) in [6, 6.07) is 0. The molecule has 0 aliphatic heterocycles. The van der Waals surface area contributed by atoms with Crippen LogP contribution in [0.15, 0.2) is 12.7 Å². The molecule has 0 radical (unpaired) electrons. The lowest BCUT2D eigenvalue weighted by molar-refractivity contribution is 0.547. The van der Waals surface area contributed by atoms with E-state index in [-0.39, 0.29) is 0 Å². The van der Waals surface area contributed by atoms with E-state index in [0.29, 0.717) is 6.54 Å². The second kappa shape index (κ2) is 5.94. The normalized spacial score (nSPS) is 13.0. The lowest BCUT2D eigenvalue weighted by Gasteiger charge is -1.94. The van der Waals surface area contributed by atoms with Crippen LogP contribution in [0.2, 0.25) is 0 Å². The quantitative estimate of drug-likeness (QED) is 0.343. The van der Waals surface area contributed by atoms with Crippen molar-refractivity contribution in [1.82, 2.24) is 4.72 Å². The minimum atomic E-state index is -1.85. The van der Waals surface area contributed by atoms with Crippen LogP contribution in [-0.4, -0.2) is 15.3 Å². The highest BCUT2D eigenvalue weighted by Gasteiger charge is 1.87. The third-order valence-corrected chi connectivity index (χ3v) is 1.26. The molecule has 0 amide bonds. The molecule has 2 N–H and O–H groups in total. The Morgan fingerprint density at radius 3 is 2.89 bits per heavy atom. The lowest BCUT2D eigenvalue weighted by atomic mass is 10.3. The Morgan fingerprint density at radius 2 is 2.44 bits per heavy atom. The molecule has 1 atom stereocenters. The molecule has 3 nitrogen and oxygen atoms in total. The Kier molecular flexibility index (Phi) is 5.81. The first-order chi connectivity index (χ1) is 4.27. The summed E-state index contributed by atoms with van der Waals surface area (Å²) in [6.45, 7) is 4.08. The summed E-state index contributed by atoms with van der Waals surface area (Å²) in [5.74, 6) is 0. The highest BCUT2D eigenvalue weighted by molar-refractivity contribution is 7.77. The summed E-state index contributed by atoms with van der Waals surface area (Å²) in [5.41, 5.74) is 0. The van der Waals surface area contributed by atoms with Crippen LogP contribution in [0.1, 0.15) is 12.8 Å². The Hall–Kier alpha value is -0.190. The molecule has 54 valence electrons. The summed E-state index contributed by atoms with van der Waals surface area (Å²) in [4.78, 5) is 0. The maximum atomic E-state index is 9.94. The van der Waals surface area contributed by atoms with Crippen molar-refractivity contribution in [1.29, 1.82) is 0 Å². The Labute approximate surface area is 57.6 Å². The van der Waals surface area contributed by atoms with Gasteiger partial charge in [0, 0.05) is 6.54 Å². The Balaban J connectivity index is 2.91. The third kappa shape index (κ3) is 7.81. The number of nitrogens with one attached hydrogen (secondary N) is 1. The fraction of sp³-hybridized carbons (Fsp3) is 0.600. The second-order valence-electron chi connectivity index (χ2n) is 1.57. The highest BCUT2D eigenvalue weighted by Crippen LogP contribution is 1.85. The van der Waals surface area contributed by atoms with Gasteiger partial charge in [-0.3, -0.25) is 4.55 Å². The molecule has 0 spiro atoms. The third-order valence-electron chi connectivity index (χ3n) is 0.811. The van der Waals surface area contributed by atoms with Crippen LogP contribution in [0.4, 0.5) is 0 Å². The van der Waals surface area contributed by atoms with E-state index in [0.717, 1.165) is 12.8 Å². The van der Waals surface area contributed by atoms with Crippen molar-refractivity contribution in [2.24, 2.45) is 0 Å². The highest BCUT2D eigenvalue weighted by atomic mass is 32.2. The van der Waals surface area contributed by atoms with Crippen molar-refractivity contribution < 1.29 is 8.76 Å². The molecule has 0 bridgehead atoms. The summed E-state index contributed by atoms with van der Waals surface area (Å²) >= 11 is -1.85. The first-order valence-electron chi connectivity index (χ1n) is 2.72. The fourth-order valence-electron chi connectivity index (χ4n) is 0.406. The van der Waals surface area contributed by atoms with E-state index in [4.69, 9.17) is 4.55 Å². The van der Waals surface area contributed by atoms with Gasteiger partial charge in [-0.1, -0.05) is 6.08 Å². The van der Waals surface area contributed by atoms with Gasteiger partial charge in [0.25, 0.3) is 0 Å². The summed E-state index contributed by atoms with van der Waals surface area (Å²) in [5, 5.41) is 0. The number of hydrogen-bond acceptors (Lipinski definition) is 1. The minimum Gasteiger partial charge on any atom is -0.294 e. The molecule has 0 saturated heterocycles. The Morgan fingerprint density at radius 1 is 1.78 bits per heavy atom. The fourth-order valence-corrected chi connectivity index (χ4v) is 0.725. The van der Waals surface area contributed by atoms with Gasteiger partial charge in [-0.05, 0) is 12.8 Å². The van der Waals surface area contributed by atoms with E-state index in [1.165, 1.54) is 0 Å². The molecule has 0 aliphatic rings. The molecule has 4 heteroatoms. The van der Waals surface area contributed by atoms with Gasteiger partial charge in [0.2, 0.25) is 11.3 Å². The average Bonchev–Trinajstić information content (AvgIpc) is 1.80. The number of unbranched alkanes of at least 4 members (excludes halogenated alkanes) is 1. The van der Waals surface area contributed by atoms with E-state index < -0.39 is 11.3 Å². The SMILES string of the molecule is C=CCCCNS(=O)O. The van der Waals surface area contributed by atoms with E-state index >= 15 is 0 Å². The molecule has 9 heavy (non-hydrogen) atoms. The Bertz CT molecular complexity index is 105. The molecule has 0 fully saturated rings. The van der Waals surface area contributed by atoms with Gasteiger partial charge in [-0.2, -0.15) is 0 Å². The molecule has 0 rings (SSSR count). The molecule has 0 aromatic heterocycles. The molecule has 0 saturated carbocycles. The van der Waals surface area contributed by atoms with Crippen molar-refractivity contribution in [2.45, 2.75) is 12.8 Å². The van der Waals surface area contributed by atoms with Crippen LogP contribution in [-0.2, 0) is 11.3 Å². The topological polar surface area (TPSA) is 49.3 Å². The summed E-state index contributed by atoms with van der Waals surface area (Å²) in [6.07, 6.45) is 3.52. The van der Waals surface area contributed by atoms with Crippen LogP contribution in [0.3, 0.4) is 0 Å². The molecule has 0 aromatic rings. The van der Waals surface area contributed by atoms with Crippen LogP contribution < -0.4 is 4.72 Å². The first-order valence-corrected chi connectivity index (χ1v) is 3.83. The molecular formula is C5H11NO2S. The maximum Gasteiger partial charge on any atom is 0.231 e. The van der Waals surface area contributed by atoms with E-state index in [9.17, 15) is 4.21 Å². The van der Waals surface area contributed by atoms with Crippen molar-refractivity contribution in [3.8, 4) is 0 Å². The largest absolute Gasteiger partial charge is 0.294 e. The van der Waals surface area contributed by atoms with Crippen LogP contribution in [0, 0.1) is 0 Å². The average molecular weight is 149 g/mol. The van der Waals surface area contributed by atoms with Crippen molar-refractivity contribution >= 4 is 11.3 Å². The van der Waals surface area contributed by atoms with Crippen molar-refractivity contribution in [2.75, 3.05) is 6.54 Å². The van der Waals surface area contributed by atoms with E-state index in [1.807, 2.05) is 0 Å². The zero-order valence-corrected chi connectivity index (χ0v) is 5.99. The van der Waals surface area contributed by atoms with Gasteiger partial charge in [0.1, 0.15) is 0 Å². The number of rotatable bonds is 5. The standard InChI is InChI=1S/C5H11NO2S/c1-2-3-4-5-6-9(7)8/h2,6H,1,3-5H2,(H,7,8). The van der Waals surface area contributed by atoms with Gasteiger partial charge in [-0.15, -0.1) is 6.58 Å². The van der Waals surface area contributed by atoms with Crippen LogP contribution in [0.5, 0.6) is 0 Å². The predicted octanol–water partition coefficient (Wildman–Crippen LogP) is 0.679. The van der Waals surface area contributed by atoms with Gasteiger partial charge >= 0.3 is 0 Å². The monoisotopic (exact) mass is 149 g/mol. The molecular weight excluding hydrogens is 138 g/mol. The van der Waals surface area contributed by atoms with Gasteiger partial charge in [-0.25, -0.2) is 8.93 Å². The lowest BCUT2D eigenvalue weighted by Crippen LogP contribution is -2.16. The van der Waals surface area contributed by atoms with E-state index in [1.54, 1.807) is 6.08 Å². The maximum absolute atomic E-state index is 9.94. The van der Waals surface area contributed by atoms with Crippen LogP contribution in [0.25, 0.3) is 0 Å². The van der Waals surface area contributed by atoms with E-state index in [2.05, 4.69) is 11.3 Å². The van der Waals surface area contributed by atoms with Gasteiger partial charge in [0.05, 0.1) is 0 Å². The first kappa shape index (κ1) is 8.81. The zero-order valence-electron chi connectivity index (χ0n) is 5.17. The van der Waals surface area contributed by atoms with Crippen LogP contribution >= 0.6 is 0 Å². The van der Waals surface area contributed by atoms with Gasteiger partial charge < -0.3 is 0 Å². The number of hydrogen-bond donors (Lipinski definition) is 2. The summed E-state index contributed by atoms with van der Waals surface area (Å²) < 4.78 is 20.5. The summed E-state index contributed by atoms with van der Waals surface area (Å²) in [7, 11) is 0.